The van der Waals surface area contributed by atoms with Crippen LogP contribution in [0.3, 0.4) is 0 Å². The maximum absolute atomic E-state index is 14.8. The fraction of sp³-hybridized carbons (Fsp3) is 0.469. The van der Waals surface area contributed by atoms with Crippen molar-refractivity contribution in [1.29, 1.82) is 0 Å². The highest BCUT2D eigenvalue weighted by molar-refractivity contribution is 6.02. The lowest BCUT2D eigenvalue weighted by Gasteiger charge is -2.32. The molecule has 2 bridgehead atoms. The highest BCUT2D eigenvalue weighted by Gasteiger charge is 2.37. The number of hydrogen-bond donors (Lipinski definition) is 2. The lowest BCUT2D eigenvalue weighted by atomic mass is 10.0. The van der Waals surface area contributed by atoms with Gasteiger partial charge in [-0.1, -0.05) is 19.9 Å². The molecule has 0 unspecified atom stereocenters. The van der Waals surface area contributed by atoms with Crippen molar-refractivity contribution in [2.75, 3.05) is 44.7 Å². The number of carbonyl (C=O) groups excluding carboxylic acids is 5. The standard InChI is InChI=1S/C32H38FN5O6/c1-19(2)24-16-37(31(42)21-9-11-27-26(15-21)36(3)29(40)18-44-27)17-28(39)34-12-4-6-20-8-10-23(33)22(14-20)32(43)38-13-5-7-25(38)30(41)35-24/h8-11,14-15,19,24-25H,4-7,12-13,16-18H2,1-3H3,(H,34,39)(H,35,41)/t24-,25-/m0/s1. The second-order valence-electron chi connectivity index (χ2n) is 11.9. The zero-order chi connectivity index (χ0) is 31.5. The molecule has 0 saturated carbocycles. The summed E-state index contributed by atoms with van der Waals surface area (Å²) < 4.78 is 20.3. The van der Waals surface area contributed by atoms with Crippen LogP contribution in [0.2, 0.25) is 0 Å². The normalized spacial score (nSPS) is 21.7. The van der Waals surface area contributed by atoms with Gasteiger partial charge in [-0.25, -0.2) is 4.39 Å². The van der Waals surface area contributed by atoms with E-state index in [4.69, 9.17) is 4.74 Å². The summed E-state index contributed by atoms with van der Waals surface area (Å²) in [4.78, 5) is 70.5. The van der Waals surface area contributed by atoms with E-state index >= 15 is 0 Å². The van der Waals surface area contributed by atoms with Gasteiger partial charge in [-0.15, -0.1) is 0 Å². The zero-order valence-corrected chi connectivity index (χ0v) is 25.2. The van der Waals surface area contributed by atoms with Gasteiger partial charge in [0.2, 0.25) is 11.8 Å². The summed E-state index contributed by atoms with van der Waals surface area (Å²) in [6.45, 7) is 4.10. The van der Waals surface area contributed by atoms with Crippen LogP contribution < -0.4 is 20.3 Å². The van der Waals surface area contributed by atoms with Crippen LogP contribution in [0, 0.1) is 11.7 Å². The molecule has 2 aromatic rings. The molecule has 0 aliphatic carbocycles. The number of ether oxygens (including phenoxy) is 1. The van der Waals surface area contributed by atoms with Crippen LogP contribution in [-0.2, 0) is 20.8 Å². The average Bonchev–Trinajstić information content (AvgIpc) is 3.50. The molecule has 11 nitrogen and oxygen atoms in total. The first-order valence-electron chi connectivity index (χ1n) is 15.0. The Kier molecular flexibility index (Phi) is 9.17. The molecule has 0 spiro atoms. The summed E-state index contributed by atoms with van der Waals surface area (Å²) in [5, 5.41) is 5.86. The molecular weight excluding hydrogens is 569 g/mol. The van der Waals surface area contributed by atoms with Gasteiger partial charge in [-0.3, -0.25) is 24.0 Å². The number of rotatable bonds is 2. The Hall–Kier alpha value is -4.48. The maximum Gasteiger partial charge on any atom is 0.264 e. The van der Waals surface area contributed by atoms with Gasteiger partial charge in [-0.2, -0.15) is 0 Å². The Morgan fingerprint density at radius 3 is 2.64 bits per heavy atom. The van der Waals surface area contributed by atoms with Crippen LogP contribution in [0.25, 0.3) is 0 Å². The molecule has 234 valence electrons. The third-order valence-electron chi connectivity index (χ3n) is 8.51. The maximum atomic E-state index is 14.8. The molecule has 2 N–H and O–H groups in total. The van der Waals surface area contributed by atoms with E-state index in [9.17, 15) is 28.4 Å². The summed E-state index contributed by atoms with van der Waals surface area (Å²) in [6, 6.07) is 7.82. The molecule has 0 radical (unpaired) electrons. The number of nitrogens with one attached hydrogen (secondary N) is 2. The molecule has 3 heterocycles. The molecule has 2 atom stereocenters. The molecule has 12 heteroatoms. The molecule has 1 fully saturated rings. The first kappa shape index (κ1) is 31.0. The fourth-order valence-corrected chi connectivity index (χ4v) is 5.83. The number of amides is 5. The van der Waals surface area contributed by atoms with Gasteiger partial charge < -0.3 is 30.1 Å². The van der Waals surface area contributed by atoms with Crippen molar-refractivity contribution in [2.45, 2.75) is 51.6 Å². The molecule has 3 aliphatic rings. The molecule has 5 amide bonds. The predicted octanol–water partition coefficient (Wildman–Crippen LogP) is 2.13. The predicted molar refractivity (Wildman–Crippen MR) is 160 cm³/mol. The SMILES string of the molecule is CC(C)[C@@H]1CN(C(=O)c2ccc3c(c2)N(C)C(=O)CO3)CC(=O)NCCCc2ccc(F)c(c2)C(=O)N2CCC[C@H]2C(=O)N1. The number of likely N-dealkylation sites (N-methyl/N-ethyl adjacent to an activating group) is 1. The van der Waals surface area contributed by atoms with Gasteiger partial charge in [0.05, 0.1) is 17.8 Å². The van der Waals surface area contributed by atoms with Crippen LogP contribution in [0.4, 0.5) is 10.1 Å². The Balaban J connectivity index is 1.45. The number of fused-ring (bicyclic) bond motifs is 4. The second-order valence-corrected chi connectivity index (χ2v) is 11.9. The minimum absolute atomic E-state index is 0.0219. The monoisotopic (exact) mass is 607 g/mol. The van der Waals surface area contributed by atoms with Crippen LogP contribution >= 0.6 is 0 Å². The van der Waals surface area contributed by atoms with Crippen molar-refractivity contribution in [3.8, 4) is 5.75 Å². The van der Waals surface area contributed by atoms with Crippen molar-refractivity contribution in [1.82, 2.24) is 20.4 Å². The van der Waals surface area contributed by atoms with Gasteiger partial charge in [0.15, 0.2) is 6.61 Å². The molecule has 0 aromatic heterocycles. The largest absolute Gasteiger partial charge is 0.482 e. The molecule has 2 aromatic carbocycles. The van der Waals surface area contributed by atoms with E-state index < -0.39 is 35.6 Å². The summed E-state index contributed by atoms with van der Waals surface area (Å²) >= 11 is 0. The van der Waals surface area contributed by atoms with E-state index in [-0.39, 0.29) is 48.6 Å². The summed E-state index contributed by atoms with van der Waals surface area (Å²) in [5.41, 5.74) is 1.37. The third-order valence-corrected chi connectivity index (χ3v) is 8.51. The van der Waals surface area contributed by atoms with Gasteiger partial charge in [0.1, 0.15) is 17.6 Å². The minimum atomic E-state index is -0.788. The number of carbonyl (C=O) groups is 5. The van der Waals surface area contributed by atoms with Crippen LogP contribution in [0.15, 0.2) is 36.4 Å². The first-order chi connectivity index (χ1) is 21.0. The van der Waals surface area contributed by atoms with Crippen molar-refractivity contribution in [3.05, 3.63) is 58.9 Å². The Morgan fingerprint density at radius 2 is 1.86 bits per heavy atom. The van der Waals surface area contributed by atoms with Crippen molar-refractivity contribution < 1.29 is 33.1 Å². The van der Waals surface area contributed by atoms with E-state index in [2.05, 4.69) is 10.6 Å². The van der Waals surface area contributed by atoms with Crippen molar-refractivity contribution in [3.63, 3.8) is 0 Å². The van der Waals surface area contributed by atoms with Crippen LogP contribution in [-0.4, -0.2) is 91.3 Å². The average molecular weight is 608 g/mol. The second kappa shape index (κ2) is 13.0. The molecule has 44 heavy (non-hydrogen) atoms. The number of anilines is 1. The van der Waals surface area contributed by atoms with E-state index in [1.165, 1.54) is 26.8 Å². The highest BCUT2D eigenvalue weighted by Crippen LogP contribution is 2.32. The minimum Gasteiger partial charge on any atom is -0.482 e. The Bertz CT molecular complexity index is 1480. The summed E-state index contributed by atoms with van der Waals surface area (Å²) in [5.74, 6) is -2.31. The fourth-order valence-electron chi connectivity index (χ4n) is 5.83. The smallest absolute Gasteiger partial charge is 0.264 e. The van der Waals surface area contributed by atoms with Gasteiger partial charge in [-0.05, 0) is 67.5 Å². The van der Waals surface area contributed by atoms with E-state index in [1.54, 1.807) is 31.3 Å². The van der Waals surface area contributed by atoms with Crippen molar-refractivity contribution in [2.24, 2.45) is 5.92 Å². The Morgan fingerprint density at radius 1 is 1.07 bits per heavy atom. The number of nitrogens with zero attached hydrogens (tertiary/aromatic N) is 3. The van der Waals surface area contributed by atoms with Crippen LogP contribution in [0.5, 0.6) is 5.75 Å². The van der Waals surface area contributed by atoms with Crippen molar-refractivity contribution >= 4 is 35.2 Å². The van der Waals surface area contributed by atoms with Gasteiger partial charge >= 0.3 is 0 Å². The summed E-state index contributed by atoms with van der Waals surface area (Å²) in [6.07, 6.45) is 2.05. The van der Waals surface area contributed by atoms with Gasteiger partial charge in [0, 0.05) is 38.3 Å². The lowest BCUT2D eigenvalue weighted by Crippen LogP contribution is -2.54. The van der Waals surface area contributed by atoms with E-state index in [0.717, 1.165) is 5.56 Å². The number of hydrogen-bond acceptors (Lipinski definition) is 6. The Labute approximate surface area is 255 Å². The van der Waals surface area contributed by atoms with E-state index in [1.807, 2.05) is 13.8 Å². The van der Waals surface area contributed by atoms with E-state index in [0.29, 0.717) is 50.2 Å². The third kappa shape index (κ3) is 6.53. The zero-order valence-electron chi connectivity index (χ0n) is 25.2. The lowest BCUT2D eigenvalue weighted by molar-refractivity contribution is -0.126. The number of aryl methyl sites for hydroxylation is 1. The number of halogens is 1. The first-order valence-corrected chi connectivity index (χ1v) is 15.0. The molecular formula is C32H38FN5O6. The van der Waals surface area contributed by atoms with Gasteiger partial charge in [0.25, 0.3) is 17.7 Å². The highest BCUT2D eigenvalue weighted by atomic mass is 19.1. The topological polar surface area (TPSA) is 128 Å². The molecule has 3 aliphatic heterocycles. The molecule has 1 saturated heterocycles. The molecule has 5 rings (SSSR count). The number of benzene rings is 2. The quantitative estimate of drug-likeness (QED) is 0.539. The summed E-state index contributed by atoms with van der Waals surface area (Å²) in [7, 11) is 1.60. The van der Waals surface area contributed by atoms with Crippen LogP contribution in [0.1, 0.15) is 59.4 Å².